The molecule has 0 aliphatic rings. The second-order valence-corrected chi connectivity index (χ2v) is 5.64. The van der Waals surface area contributed by atoms with Crippen molar-refractivity contribution in [2.24, 2.45) is 5.73 Å². The van der Waals surface area contributed by atoms with Crippen LogP contribution in [0.4, 0.5) is 0 Å². The number of halogens is 2. The SMILES string of the molecule is CCN(CCC(N)=S)C(=O)c1cc(Cl)cc(Br)c1. The summed E-state index contributed by atoms with van der Waals surface area (Å²) in [6.07, 6.45) is 0.524. The number of nitrogens with two attached hydrogens (primary N) is 1. The van der Waals surface area contributed by atoms with Crippen molar-refractivity contribution in [3.05, 3.63) is 33.3 Å². The summed E-state index contributed by atoms with van der Waals surface area (Å²) in [6.45, 7) is 3.04. The summed E-state index contributed by atoms with van der Waals surface area (Å²) in [5, 5.41) is 0.526. The Labute approximate surface area is 125 Å². The first-order chi connectivity index (χ1) is 8.43. The van der Waals surface area contributed by atoms with E-state index in [-0.39, 0.29) is 5.91 Å². The van der Waals surface area contributed by atoms with Crippen molar-refractivity contribution in [3.8, 4) is 0 Å². The van der Waals surface area contributed by atoms with Gasteiger partial charge in [-0.1, -0.05) is 39.7 Å². The van der Waals surface area contributed by atoms with Gasteiger partial charge in [0.05, 0.1) is 4.99 Å². The Morgan fingerprint density at radius 3 is 2.67 bits per heavy atom. The number of thiocarbonyl (C=S) groups is 1. The second kappa shape index (κ2) is 7.07. The molecule has 0 saturated carbocycles. The maximum atomic E-state index is 12.3. The molecule has 98 valence electrons. The van der Waals surface area contributed by atoms with E-state index in [0.29, 0.717) is 35.1 Å². The van der Waals surface area contributed by atoms with Gasteiger partial charge in [-0.15, -0.1) is 0 Å². The number of hydrogen-bond acceptors (Lipinski definition) is 2. The largest absolute Gasteiger partial charge is 0.393 e. The van der Waals surface area contributed by atoms with Crippen LogP contribution in [-0.4, -0.2) is 28.9 Å². The Morgan fingerprint density at radius 2 is 2.17 bits per heavy atom. The molecule has 3 nitrogen and oxygen atoms in total. The minimum absolute atomic E-state index is 0.0723. The van der Waals surface area contributed by atoms with Gasteiger partial charge in [0.1, 0.15) is 0 Å². The van der Waals surface area contributed by atoms with Crippen molar-refractivity contribution in [2.45, 2.75) is 13.3 Å². The third-order valence-electron chi connectivity index (χ3n) is 2.41. The highest BCUT2D eigenvalue weighted by Gasteiger charge is 2.15. The minimum Gasteiger partial charge on any atom is -0.393 e. The first-order valence-corrected chi connectivity index (χ1v) is 7.05. The second-order valence-electron chi connectivity index (χ2n) is 3.76. The molecule has 0 fully saturated rings. The van der Waals surface area contributed by atoms with Crippen molar-refractivity contribution in [1.82, 2.24) is 4.90 Å². The van der Waals surface area contributed by atoms with Crippen LogP contribution in [-0.2, 0) is 0 Å². The van der Waals surface area contributed by atoms with E-state index in [1.165, 1.54) is 0 Å². The summed E-state index contributed by atoms with van der Waals surface area (Å²) in [7, 11) is 0. The molecule has 0 bridgehead atoms. The quantitative estimate of drug-likeness (QED) is 0.830. The van der Waals surface area contributed by atoms with E-state index in [4.69, 9.17) is 29.6 Å². The van der Waals surface area contributed by atoms with Gasteiger partial charge >= 0.3 is 0 Å². The van der Waals surface area contributed by atoms with E-state index in [2.05, 4.69) is 15.9 Å². The van der Waals surface area contributed by atoms with Gasteiger partial charge in [-0.3, -0.25) is 4.79 Å². The van der Waals surface area contributed by atoms with Crippen LogP contribution in [0.1, 0.15) is 23.7 Å². The molecule has 0 aliphatic carbocycles. The Hall–Kier alpha value is -0.650. The van der Waals surface area contributed by atoms with E-state index >= 15 is 0 Å². The molecule has 1 amide bonds. The number of benzene rings is 1. The minimum atomic E-state index is -0.0723. The highest BCUT2D eigenvalue weighted by atomic mass is 79.9. The molecule has 0 saturated heterocycles. The van der Waals surface area contributed by atoms with Gasteiger partial charge in [-0.25, -0.2) is 0 Å². The predicted molar refractivity (Wildman–Crippen MR) is 82.1 cm³/mol. The van der Waals surface area contributed by atoms with Crippen LogP contribution >= 0.6 is 39.7 Å². The summed E-state index contributed by atoms with van der Waals surface area (Å²) < 4.78 is 0.781. The van der Waals surface area contributed by atoms with Crippen molar-refractivity contribution in [3.63, 3.8) is 0 Å². The molecular formula is C12H14BrClN2OS. The molecule has 2 N–H and O–H groups in total. The van der Waals surface area contributed by atoms with E-state index in [0.717, 1.165) is 4.47 Å². The predicted octanol–water partition coefficient (Wildman–Crippen LogP) is 3.24. The average Bonchev–Trinajstić information content (AvgIpc) is 2.27. The number of carbonyl (C=O) groups is 1. The fourth-order valence-electron chi connectivity index (χ4n) is 1.51. The summed E-state index contributed by atoms with van der Waals surface area (Å²) in [4.78, 5) is 14.4. The lowest BCUT2D eigenvalue weighted by Gasteiger charge is -2.20. The maximum absolute atomic E-state index is 12.3. The van der Waals surface area contributed by atoms with Crippen molar-refractivity contribution in [2.75, 3.05) is 13.1 Å². The standard InChI is InChI=1S/C12H14BrClN2OS/c1-2-16(4-3-11(15)18)12(17)8-5-9(13)7-10(14)6-8/h5-7H,2-4H2,1H3,(H2,15,18). The Balaban J connectivity index is 2.85. The van der Waals surface area contributed by atoms with E-state index < -0.39 is 0 Å². The molecule has 1 aromatic carbocycles. The molecule has 1 rings (SSSR count). The fourth-order valence-corrected chi connectivity index (χ4v) is 2.46. The Bertz CT molecular complexity index is 447. The first-order valence-electron chi connectivity index (χ1n) is 5.47. The molecule has 18 heavy (non-hydrogen) atoms. The highest BCUT2D eigenvalue weighted by molar-refractivity contribution is 9.10. The third-order valence-corrected chi connectivity index (χ3v) is 3.29. The Kier molecular flexibility index (Phi) is 6.05. The van der Waals surface area contributed by atoms with Crippen molar-refractivity contribution < 1.29 is 4.79 Å². The van der Waals surface area contributed by atoms with Crippen LogP contribution in [0.2, 0.25) is 5.02 Å². The topological polar surface area (TPSA) is 46.3 Å². The van der Waals surface area contributed by atoms with Crippen LogP contribution in [0.15, 0.2) is 22.7 Å². The summed E-state index contributed by atoms with van der Waals surface area (Å²) in [5.41, 5.74) is 6.00. The number of carbonyl (C=O) groups excluding carboxylic acids is 1. The third kappa shape index (κ3) is 4.55. The van der Waals surface area contributed by atoms with Crippen LogP contribution < -0.4 is 5.73 Å². The monoisotopic (exact) mass is 348 g/mol. The van der Waals surface area contributed by atoms with Crippen LogP contribution in [0.5, 0.6) is 0 Å². The van der Waals surface area contributed by atoms with Crippen molar-refractivity contribution >= 4 is 50.6 Å². The highest BCUT2D eigenvalue weighted by Crippen LogP contribution is 2.20. The lowest BCUT2D eigenvalue weighted by molar-refractivity contribution is 0.0769. The van der Waals surface area contributed by atoms with E-state index in [1.807, 2.05) is 6.92 Å². The van der Waals surface area contributed by atoms with Crippen LogP contribution in [0.3, 0.4) is 0 Å². The summed E-state index contributed by atoms with van der Waals surface area (Å²) in [6, 6.07) is 5.14. The lowest BCUT2D eigenvalue weighted by atomic mass is 10.2. The molecule has 0 aromatic heterocycles. The van der Waals surface area contributed by atoms with Crippen molar-refractivity contribution in [1.29, 1.82) is 0 Å². The summed E-state index contributed by atoms with van der Waals surface area (Å²) in [5.74, 6) is -0.0723. The average molecular weight is 350 g/mol. The molecule has 6 heteroatoms. The van der Waals surface area contributed by atoms with E-state index in [1.54, 1.807) is 23.1 Å². The Morgan fingerprint density at radius 1 is 1.50 bits per heavy atom. The normalized spacial score (nSPS) is 10.2. The zero-order chi connectivity index (χ0) is 13.7. The van der Waals surface area contributed by atoms with Gasteiger partial charge < -0.3 is 10.6 Å². The zero-order valence-electron chi connectivity index (χ0n) is 9.95. The van der Waals surface area contributed by atoms with Gasteiger partial charge in [-0.2, -0.15) is 0 Å². The molecule has 0 atom stereocenters. The molecule has 0 aliphatic heterocycles. The lowest BCUT2D eigenvalue weighted by Crippen LogP contribution is -2.33. The summed E-state index contributed by atoms with van der Waals surface area (Å²) >= 11 is 14.1. The first kappa shape index (κ1) is 15.4. The molecule has 0 radical (unpaired) electrons. The smallest absolute Gasteiger partial charge is 0.253 e. The van der Waals surface area contributed by atoms with Crippen LogP contribution in [0, 0.1) is 0 Å². The van der Waals surface area contributed by atoms with Gasteiger partial charge in [0.2, 0.25) is 0 Å². The zero-order valence-corrected chi connectivity index (χ0v) is 13.1. The molecule has 0 spiro atoms. The van der Waals surface area contributed by atoms with Gasteiger partial charge in [0.25, 0.3) is 5.91 Å². The molecule has 1 aromatic rings. The van der Waals surface area contributed by atoms with E-state index in [9.17, 15) is 4.79 Å². The van der Waals surface area contributed by atoms with Gasteiger partial charge in [0.15, 0.2) is 0 Å². The number of nitrogens with zero attached hydrogens (tertiary/aromatic N) is 1. The molecule has 0 unspecified atom stereocenters. The number of amides is 1. The fraction of sp³-hybridized carbons (Fsp3) is 0.333. The number of rotatable bonds is 5. The number of hydrogen-bond donors (Lipinski definition) is 1. The maximum Gasteiger partial charge on any atom is 0.253 e. The van der Waals surface area contributed by atoms with Gasteiger partial charge in [0, 0.05) is 34.6 Å². The van der Waals surface area contributed by atoms with Gasteiger partial charge in [-0.05, 0) is 25.1 Å². The van der Waals surface area contributed by atoms with Crippen LogP contribution in [0.25, 0.3) is 0 Å². The molecular weight excluding hydrogens is 336 g/mol. The molecule has 0 heterocycles.